The van der Waals surface area contributed by atoms with Crippen LogP contribution in [0.2, 0.25) is 0 Å². The van der Waals surface area contributed by atoms with Gasteiger partial charge in [0.15, 0.2) is 0 Å². The molecule has 0 saturated carbocycles. The molecule has 4 heteroatoms. The Morgan fingerprint density at radius 1 is 1.25 bits per heavy atom. The van der Waals surface area contributed by atoms with Gasteiger partial charge in [-0.2, -0.15) is 0 Å². The van der Waals surface area contributed by atoms with Crippen molar-refractivity contribution in [2.45, 2.75) is 19.4 Å². The number of carbonyl (C=O) groups is 2. The number of ether oxygens (including phenoxy) is 1. The lowest BCUT2D eigenvalue weighted by atomic mass is 10.1. The Morgan fingerprint density at radius 2 is 1.95 bits per heavy atom. The van der Waals surface area contributed by atoms with Crippen molar-refractivity contribution in [2.24, 2.45) is 0 Å². The lowest BCUT2D eigenvalue weighted by Gasteiger charge is -2.16. The third-order valence-corrected chi connectivity index (χ3v) is 2.64. The highest BCUT2D eigenvalue weighted by molar-refractivity contribution is 5.90. The fourth-order valence-electron chi connectivity index (χ4n) is 1.66. The molecule has 0 spiro atoms. The van der Waals surface area contributed by atoms with Crippen LogP contribution in [0.1, 0.15) is 12.5 Å². The third-order valence-electron chi connectivity index (χ3n) is 2.64. The molecule has 0 unspecified atom stereocenters. The first-order chi connectivity index (χ1) is 9.67. The maximum absolute atomic E-state index is 11.7. The van der Waals surface area contributed by atoms with E-state index in [4.69, 9.17) is 4.74 Å². The van der Waals surface area contributed by atoms with Crippen molar-refractivity contribution in [1.29, 1.82) is 0 Å². The van der Waals surface area contributed by atoms with Gasteiger partial charge in [0.1, 0.15) is 6.04 Å². The molecule has 0 saturated heterocycles. The SMILES string of the molecule is C[CH][CH][CH][CH]C(=O)N[C@@H](Cc1ccccc1)C(=O)OC. The van der Waals surface area contributed by atoms with E-state index in [9.17, 15) is 9.59 Å². The van der Waals surface area contributed by atoms with Crippen molar-refractivity contribution in [3.8, 4) is 0 Å². The molecule has 1 atom stereocenters. The van der Waals surface area contributed by atoms with Gasteiger partial charge in [-0.1, -0.05) is 37.3 Å². The van der Waals surface area contributed by atoms with Crippen molar-refractivity contribution >= 4 is 11.9 Å². The van der Waals surface area contributed by atoms with E-state index in [1.54, 1.807) is 12.8 Å². The number of unbranched alkanes of at least 4 members (excludes halogenated alkanes) is 2. The zero-order valence-corrected chi connectivity index (χ0v) is 11.7. The molecule has 0 fully saturated rings. The highest BCUT2D eigenvalue weighted by atomic mass is 16.5. The van der Waals surface area contributed by atoms with Crippen molar-refractivity contribution in [3.05, 3.63) is 61.6 Å². The quantitative estimate of drug-likeness (QED) is 0.579. The Bertz CT molecular complexity index is 417. The predicted molar refractivity (Wildman–Crippen MR) is 77.0 cm³/mol. The van der Waals surface area contributed by atoms with Gasteiger partial charge in [-0.15, -0.1) is 0 Å². The minimum absolute atomic E-state index is 0.325. The van der Waals surface area contributed by atoms with Crippen LogP contribution in [0.15, 0.2) is 30.3 Å². The van der Waals surface area contributed by atoms with E-state index in [1.807, 2.05) is 43.7 Å². The van der Waals surface area contributed by atoms with E-state index >= 15 is 0 Å². The van der Waals surface area contributed by atoms with Gasteiger partial charge in [-0.25, -0.2) is 4.79 Å². The summed E-state index contributed by atoms with van der Waals surface area (Å²) < 4.78 is 4.72. The highest BCUT2D eigenvalue weighted by Gasteiger charge is 2.21. The average Bonchev–Trinajstić information content (AvgIpc) is 2.47. The summed E-state index contributed by atoms with van der Waals surface area (Å²) in [5, 5.41) is 2.64. The normalized spacial score (nSPS) is 11.7. The van der Waals surface area contributed by atoms with E-state index in [0.717, 1.165) is 5.56 Å². The molecule has 0 aliphatic carbocycles. The molecule has 0 aliphatic rings. The van der Waals surface area contributed by atoms with Crippen LogP contribution in [0, 0.1) is 25.7 Å². The van der Waals surface area contributed by atoms with Crippen molar-refractivity contribution in [2.75, 3.05) is 7.11 Å². The predicted octanol–water partition coefficient (Wildman–Crippen LogP) is 1.72. The van der Waals surface area contributed by atoms with E-state index < -0.39 is 12.0 Å². The molecule has 4 nitrogen and oxygen atoms in total. The van der Waals surface area contributed by atoms with Gasteiger partial charge in [-0.05, 0) is 24.8 Å². The first kappa shape index (κ1) is 16.2. The molecule has 1 aromatic carbocycles. The van der Waals surface area contributed by atoms with Crippen LogP contribution < -0.4 is 5.32 Å². The van der Waals surface area contributed by atoms with Crippen LogP contribution in [0.4, 0.5) is 0 Å². The summed E-state index contributed by atoms with van der Waals surface area (Å²) in [5.41, 5.74) is 0.959. The average molecular weight is 273 g/mol. The molecule has 1 aromatic rings. The van der Waals surface area contributed by atoms with Gasteiger partial charge in [-0.3, -0.25) is 4.79 Å². The zero-order valence-electron chi connectivity index (χ0n) is 11.7. The fraction of sp³-hybridized carbons (Fsp3) is 0.250. The Morgan fingerprint density at radius 3 is 2.55 bits per heavy atom. The number of hydrogen-bond acceptors (Lipinski definition) is 3. The summed E-state index contributed by atoms with van der Waals surface area (Å²) >= 11 is 0. The summed E-state index contributed by atoms with van der Waals surface area (Å²) in [6.45, 7) is 1.86. The van der Waals surface area contributed by atoms with Crippen molar-refractivity contribution in [3.63, 3.8) is 0 Å². The molecule has 1 N–H and O–H groups in total. The molecule has 0 aliphatic heterocycles. The number of methoxy groups -OCH3 is 1. The summed E-state index contributed by atoms with van der Waals surface area (Å²) in [4.78, 5) is 23.4. The smallest absolute Gasteiger partial charge is 0.328 e. The van der Waals surface area contributed by atoms with Gasteiger partial charge in [0.25, 0.3) is 0 Å². The maximum atomic E-state index is 11.7. The second-order valence-electron chi connectivity index (χ2n) is 4.16. The molecule has 0 heterocycles. The Balaban J connectivity index is 2.56. The molecule has 1 rings (SSSR count). The van der Waals surface area contributed by atoms with Gasteiger partial charge >= 0.3 is 5.97 Å². The van der Waals surface area contributed by atoms with Crippen LogP contribution in [0.25, 0.3) is 0 Å². The summed E-state index contributed by atoms with van der Waals surface area (Å²) in [6, 6.07) is 8.78. The van der Waals surface area contributed by atoms with Crippen LogP contribution >= 0.6 is 0 Å². The largest absolute Gasteiger partial charge is 0.467 e. The summed E-state index contributed by atoms with van der Waals surface area (Å²) in [7, 11) is 1.31. The van der Waals surface area contributed by atoms with Gasteiger partial charge in [0.05, 0.1) is 13.5 Å². The maximum Gasteiger partial charge on any atom is 0.328 e. The molecular formula is C16H19NO3. The first-order valence-corrected chi connectivity index (χ1v) is 6.39. The molecule has 0 aromatic heterocycles. The molecule has 4 radical (unpaired) electrons. The van der Waals surface area contributed by atoms with Crippen molar-refractivity contribution in [1.82, 2.24) is 5.32 Å². The third kappa shape index (κ3) is 5.87. The number of carbonyl (C=O) groups excluding carboxylic acids is 2. The van der Waals surface area contributed by atoms with E-state index in [2.05, 4.69) is 5.32 Å². The van der Waals surface area contributed by atoms with Crippen molar-refractivity contribution < 1.29 is 14.3 Å². The van der Waals surface area contributed by atoms with E-state index in [0.29, 0.717) is 6.42 Å². The Hall–Kier alpha value is -1.84. The number of hydrogen-bond donors (Lipinski definition) is 1. The molecule has 0 bridgehead atoms. The second kappa shape index (κ2) is 9.13. The number of nitrogens with one attached hydrogen (secondary N) is 1. The minimum atomic E-state index is -0.690. The second-order valence-corrected chi connectivity index (χ2v) is 4.16. The Kier molecular flexibility index (Phi) is 7.40. The van der Waals surface area contributed by atoms with Crippen LogP contribution in [0.5, 0.6) is 0 Å². The zero-order chi connectivity index (χ0) is 14.8. The fourth-order valence-corrected chi connectivity index (χ4v) is 1.66. The standard InChI is InChI=1S/C16H19NO3/c1-3-4-6-11-15(18)17-14(16(19)20-2)12-13-9-7-5-8-10-13/h3-11,14H,12H2,1-2H3,(H,17,18)/t14-/m0/s1. The number of rotatable bonds is 8. The Labute approximate surface area is 120 Å². The van der Waals surface area contributed by atoms with Crippen LogP contribution in [-0.4, -0.2) is 25.0 Å². The van der Waals surface area contributed by atoms with Gasteiger partial charge in [0.2, 0.25) is 5.91 Å². The van der Waals surface area contributed by atoms with Gasteiger partial charge < -0.3 is 10.1 Å². The number of esters is 1. The van der Waals surface area contributed by atoms with Gasteiger partial charge in [0, 0.05) is 6.42 Å². The summed E-state index contributed by atoms with van der Waals surface area (Å²) in [5.74, 6) is -0.781. The monoisotopic (exact) mass is 273 g/mol. The molecule has 20 heavy (non-hydrogen) atoms. The number of benzene rings is 1. The summed E-state index contributed by atoms with van der Waals surface area (Å²) in [6.07, 6.45) is 6.94. The van der Waals surface area contributed by atoms with E-state index in [1.165, 1.54) is 13.5 Å². The van der Waals surface area contributed by atoms with E-state index in [-0.39, 0.29) is 5.91 Å². The first-order valence-electron chi connectivity index (χ1n) is 6.39. The lowest BCUT2D eigenvalue weighted by Crippen LogP contribution is -2.43. The molecule has 1 amide bonds. The highest BCUT2D eigenvalue weighted by Crippen LogP contribution is 2.05. The minimum Gasteiger partial charge on any atom is -0.467 e. The van der Waals surface area contributed by atoms with Crippen LogP contribution in [0.3, 0.4) is 0 Å². The molecule has 106 valence electrons. The van der Waals surface area contributed by atoms with Crippen LogP contribution in [-0.2, 0) is 20.7 Å². The molecular weight excluding hydrogens is 254 g/mol. The lowest BCUT2D eigenvalue weighted by molar-refractivity contribution is -0.144. The topological polar surface area (TPSA) is 55.4 Å². The number of amides is 1.